The molecule has 4 heteroatoms. The predicted octanol–water partition coefficient (Wildman–Crippen LogP) is 4.44. The summed E-state index contributed by atoms with van der Waals surface area (Å²) in [6.45, 7) is 6.55. The van der Waals surface area contributed by atoms with E-state index in [2.05, 4.69) is 25.3 Å². The molecule has 0 aliphatic heterocycles. The van der Waals surface area contributed by atoms with Gasteiger partial charge in [-0.05, 0) is 37.5 Å². The summed E-state index contributed by atoms with van der Waals surface area (Å²) in [4.78, 5) is 15.8. The van der Waals surface area contributed by atoms with Crippen molar-refractivity contribution in [1.29, 1.82) is 0 Å². The van der Waals surface area contributed by atoms with Crippen molar-refractivity contribution in [2.45, 2.75) is 58.9 Å². The molecule has 1 unspecified atom stereocenters. The Morgan fingerprint density at radius 3 is 2.62 bits per heavy atom. The molecule has 2 aromatic rings. The molecule has 0 aliphatic rings. The van der Waals surface area contributed by atoms with Gasteiger partial charge in [-0.1, -0.05) is 27.2 Å². The summed E-state index contributed by atoms with van der Waals surface area (Å²) in [7, 11) is 0. The number of rotatable bonds is 7. The minimum absolute atomic E-state index is 0.304. The first kappa shape index (κ1) is 15.5. The van der Waals surface area contributed by atoms with Crippen molar-refractivity contribution in [2.24, 2.45) is 0 Å². The number of carboxylic acid groups (broad SMARTS) is 1. The third kappa shape index (κ3) is 3.09. The van der Waals surface area contributed by atoms with E-state index in [4.69, 9.17) is 10.1 Å². The third-order valence-electron chi connectivity index (χ3n) is 3.94. The second-order valence-electron chi connectivity index (χ2n) is 5.51. The van der Waals surface area contributed by atoms with Gasteiger partial charge in [-0.15, -0.1) is 0 Å². The van der Waals surface area contributed by atoms with Gasteiger partial charge < -0.3 is 9.67 Å². The standard InChI is InChI=1S/C17H24N2O2/c1-4-7-13(6-3)19-15-10-9-12(17(20)21)11-14(15)18-16(19)8-5-2/h9-11,13H,4-8H2,1-3H3,(H,20,21). The van der Waals surface area contributed by atoms with Gasteiger partial charge in [0.05, 0.1) is 16.6 Å². The molecule has 0 bridgehead atoms. The van der Waals surface area contributed by atoms with Crippen molar-refractivity contribution in [1.82, 2.24) is 9.55 Å². The highest BCUT2D eigenvalue weighted by molar-refractivity contribution is 5.92. The summed E-state index contributed by atoms with van der Waals surface area (Å²) < 4.78 is 2.33. The van der Waals surface area contributed by atoms with Gasteiger partial charge in [0.25, 0.3) is 0 Å². The summed E-state index contributed by atoms with van der Waals surface area (Å²) >= 11 is 0. The molecule has 1 N–H and O–H groups in total. The van der Waals surface area contributed by atoms with Gasteiger partial charge in [0, 0.05) is 12.5 Å². The van der Waals surface area contributed by atoms with Crippen LogP contribution in [0.1, 0.15) is 68.7 Å². The Hall–Kier alpha value is -1.84. The summed E-state index contributed by atoms with van der Waals surface area (Å²) in [5, 5.41) is 9.13. The molecular formula is C17H24N2O2. The number of carboxylic acids is 1. The minimum Gasteiger partial charge on any atom is -0.478 e. The fourth-order valence-electron chi connectivity index (χ4n) is 2.94. The Morgan fingerprint density at radius 2 is 2.05 bits per heavy atom. The third-order valence-corrected chi connectivity index (χ3v) is 3.94. The molecule has 21 heavy (non-hydrogen) atoms. The Labute approximate surface area is 125 Å². The lowest BCUT2D eigenvalue weighted by Gasteiger charge is -2.20. The molecule has 0 aliphatic carbocycles. The fraction of sp³-hybridized carbons (Fsp3) is 0.529. The van der Waals surface area contributed by atoms with Gasteiger partial charge in [0.15, 0.2) is 0 Å². The first-order chi connectivity index (χ1) is 10.1. The van der Waals surface area contributed by atoms with Gasteiger partial charge in [0.2, 0.25) is 0 Å². The second kappa shape index (κ2) is 6.74. The van der Waals surface area contributed by atoms with Crippen molar-refractivity contribution in [3.63, 3.8) is 0 Å². The van der Waals surface area contributed by atoms with E-state index >= 15 is 0 Å². The maximum atomic E-state index is 11.1. The number of hydrogen-bond donors (Lipinski definition) is 1. The summed E-state index contributed by atoms with van der Waals surface area (Å²) in [5.74, 6) is 0.180. The van der Waals surface area contributed by atoms with Crippen LogP contribution < -0.4 is 0 Å². The van der Waals surface area contributed by atoms with Crippen LogP contribution in [0.4, 0.5) is 0 Å². The van der Waals surface area contributed by atoms with E-state index in [0.29, 0.717) is 11.6 Å². The number of benzene rings is 1. The maximum Gasteiger partial charge on any atom is 0.335 e. The van der Waals surface area contributed by atoms with Crippen LogP contribution in [0.15, 0.2) is 18.2 Å². The van der Waals surface area contributed by atoms with Gasteiger partial charge in [-0.3, -0.25) is 0 Å². The Bertz CT molecular complexity index is 631. The molecule has 2 rings (SSSR count). The lowest BCUT2D eigenvalue weighted by atomic mass is 10.1. The molecular weight excluding hydrogens is 264 g/mol. The summed E-state index contributed by atoms with van der Waals surface area (Å²) in [5.41, 5.74) is 2.16. The molecule has 0 radical (unpaired) electrons. The first-order valence-corrected chi connectivity index (χ1v) is 7.86. The van der Waals surface area contributed by atoms with E-state index in [1.807, 2.05) is 6.07 Å². The van der Waals surface area contributed by atoms with Crippen molar-refractivity contribution in [3.8, 4) is 0 Å². The SMILES string of the molecule is CCCc1nc2cc(C(=O)O)ccc2n1C(CC)CCC. The zero-order chi connectivity index (χ0) is 15.4. The number of hydrogen-bond acceptors (Lipinski definition) is 2. The van der Waals surface area contributed by atoms with Crippen molar-refractivity contribution in [3.05, 3.63) is 29.6 Å². The van der Waals surface area contributed by atoms with Crippen LogP contribution in [0.5, 0.6) is 0 Å². The quantitative estimate of drug-likeness (QED) is 0.819. The monoisotopic (exact) mass is 288 g/mol. The largest absolute Gasteiger partial charge is 0.478 e. The zero-order valence-corrected chi connectivity index (χ0v) is 13.1. The molecule has 1 heterocycles. The second-order valence-corrected chi connectivity index (χ2v) is 5.51. The lowest BCUT2D eigenvalue weighted by molar-refractivity contribution is 0.0697. The van der Waals surface area contributed by atoms with E-state index < -0.39 is 5.97 Å². The van der Waals surface area contributed by atoms with Crippen LogP contribution in [0.3, 0.4) is 0 Å². The molecule has 4 nitrogen and oxygen atoms in total. The number of imidazole rings is 1. The van der Waals surface area contributed by atoms with Gasteiger partial charge in [0.1, 0.15) is 5.82 Å². The number of aromatic nitrogens is 2. The number of carbonyl (C=O) groups is 1. The maximum absolute atomic E-state index is 11.1. The van der Waals surface area contributed by atoms with Crippen molar-refractivity contribution in [2.75, 3.05) is 0 Å². The first-order valence-electron chi connectivity index (χ1n) is 7.86. The molecule has 114 valence electrons. The molecule has 0 saturated heterocycles. The number of aryl methyl sites for hydroxylation is 1. The highest BCUT2D eigenvalue weighted by Crippen LogP contribution is 2.28. The normalized spacial score (nSPS) is 12.7. The van der Waals surface area contributed by atoms with Crippen LogP contribution in [0.25, 0.3) is 11.0 Å². The van der Waals surface area contributed by atoms with E-state index in [1.165, 1.54) is 0 Å². The molecule has 1 aromatic carbocycles. The summed E-state index contributed by atoms with van der Waals surface area (Å²) in [6.07, 6.45) is 5.29. The van der Waals surface area contributed by atoms with E-state index in [1.54, 1.807) is 12.1 Å². The minimum atomic E-state index is -0.899. The molecule has 0 fully saturated rings. The molecule has 1 atom stereocenters. The van der Waals surface area contributed by atoms with Crippen molar-refractivity contribution < 1.29 is 9.90 Å². The number of nitrogens with zero attached hydrogens (tertiary/aromatic N) is 2. The predicted molar refractivity (Wildman–Crippen MR) is 84.9 cm³/mol. The van der Waals surface area contributed by atoms with E-state index in [9.17, 15) is 4.79 Å². The van der Waals surface area contributed by atoms with E-state index in [-0.39, 0.29) is 0 Å². The molecule has 0 saturated carbocycles. The average Bonchev–Trinajstić information content (AvgIpc) is 2.82. The van der Waals surface area contributed by atoms with Crippen LogP contribution in [-0.4, -0.2) is 20.6 Å². The molecule has 1 aromatic heterocycles. The number of aromatic carboxylic acids is 1. The Morgan fingerprint density at radius 1 is 1.29 bits per heavy atom. The summed E-state index contributed by atoms with van der Waals surface area (Å²) in [6, 6.07) is 5.71. The van der Waals surface area contributed by atoms with Crippen LogP contribution in [0, 0.1) is 0 Å². The Kier molecular flexibility index (Phi) is 4.99. The smallest absolute Gasteiger partial charge is 0.335 e. The topological polar surface area (TPSA) is 55.1 Å². The molecule has 0 spiro atoms. The van der Waals surface area contributed by atoms with Crippen LogP contribution in [-0.2, 0) is 6.42 Å². The van der Waals surface area contributed by atoms with Gasteiger partial charge >= 0.3 is 5.97 Å². The van der Waals surface area contributed by atoms with Crippen molar-refractivity contribution >= 4 is 17.0 Å². The lowest BCUT2D eigenvalue weighted by Crippen LogP contribution is -2.11. The van der Waals surface area contributed by atoms with Gasteiger partial charge in [-0.2, -0.15) is 0 Å². The van der Waals surface area contributed by atoms with Crippen LogP contribution >= 0.6 is 0 Å². The highest BCUT2D eigenvalue weighted by Gasteiger charge is 2.18. The van der Waals surface area contributed by atoms with Gasteiger partial charge in [-0.25, -0.2) is 9.78 Å². The molecule has 0 amide bonds. The number of fused-ring (bicyclic) bond motifs is 1. The van der Waals surface area contributed by atoms with Crippen LogP contribution in [0.2, 0.25) is 0 Å². The van der Waals surface area contributed by atoms with E-state index in [0.717, 1.165) is 49.0 Å². The Balaban J connectivity index is 2.59. The average molecular weight is 288 g/mol. The highest BCUT2D eigenvalue weighted by atomic mass is 16.4. The zero-order valence-electron chi connectivity index (χ0n) is 13.1. The fourth-order valence-corrected chi connectivity index (χ4v) is 2.94.